The van der Waals surface area contributed by atoms with Crippen LogP contribution in [-0.4, -0.2) is 45.9 Å². The molecule has 0 saturated heterocycles. The van der Waals surface area contributed by atoms with E-state index in [1.165, 1.54) is 0 Å². The second kappa shape index (κ2) is 7.35. The maximum absolute atomic E-state index is 11.5. The van der Waals surface area contributed by atoms with Crippen molar-refractivity contribution in [2.45, 2.75) is 31.7 Å². The lowest BCUT2D eigenvalue weighted by molar-refractivity contribution is -0.137. The molecule has 1 rings (SSSR count). The maximum atomic E-state index is 11.5. The van der Waals surface area contributed by atoms with E-state index in [4.69, 9.17) is 5.11 Å². The summed E-state index contributed by atoms with van der Waals surface area (Å²) in [5.74, 6) is -0.0369. The van der Waals surface area contributed by atoms with E-state index in [1.807, 2.05) is 0 Å². The van der Waals surface area contributed by atoms with E-state index in [2.05, 4.69) is 10.6 Å². The highest BCUT2D eigenvalue weighted by Gasteiger charge is 2.33. The second-order valence-electron chi connectivity index (χ2n) is 4.57. The van der Waals surface area contributed by atoms with Gasteiger partial charge in [-0.2, -0.15) is 0 Å². The van der Waals surface area contributed by atoms with Gasteiger partial charge in [-0.25, -0.2) is 4.79 Å². The van der Waals surface area contributed by atoms with Crippen LogP contribution in [0.15, 0.2) is 0 Å². The number of carboxylic acids is 1. The van der Waals surface area contributed by atoms with Gasteiger partial charge < -0.3 is 15.7 Å². The van der Waals surface area contributed by atoms with Gasteiger partial charge in [-0.15, -0.1) is 0 Å². The van der Waals surface area contributed by atoms with Crippen LogP contribution >= 0.6 is 0 Å². The Morgan fingerprint density at radius 2 is 2.11 bits per heavy atom. The summed E-state index contributed by atoms with van der Waals surface area (Å²) in [4.78, 5) is 22.2. The molecule has 0 aliphatic heterocycles. The van der Waals surface area contributed by atoms with Gasteiger partial charge in [0.15, 0.2) is 0 Å². The van der Waals surface area contributed by atoms with Crippen LogP contribution in [0.4, 0.5) is 4.79 Å². The molecular formula is C11H20N2O4S. The Bertz CT molecular complexity index is 331. The first-order chi connectivity index (χ1) is 8.49. The van der Waals surface area contributed by atoms with Gasteiger partial charge in [-0.3, -0.25) is 9.00 Å². The Morgan fingerprint density at radius 3 is 2.61 bits per heavy atom. The number of aliphatic carboxylic acids is 1. The zero-order chi connectivity index (χ0) is 13.5. The van der Waals surface area contributed by atoms with Gasteiger partial charge >= 0.3 is 12.0 Å². The number of urea groups is 1. The van der Waals surface area contributed by atoms with E-state index in [-0.39, 0.29) is 18.5 Å². The summed E-state index contributed by atoms with van der Waals surface area (Å²) in [5, 5.41) is 14.1. The van der Waals surface area contributed by atoms with E-state index < -0.39 is 16.8 Å². The molecule has 0 bridgehead atoms. The summed E-state index contributed by atoms with van der Waals surface area (Å²) in [5.41, 5.74) is 0. The average Bonchev–Trinajstić information content (AvgIpc) is 3.06. The Balaban J connectivity index is 2.20. The Kier molecular flexibility index (Phi) is 6.11. The minimum Gasteiger partial charge on any atom is -0.481 e. The lowest BCUT2D eigenvalue weighted by Crippen LogP contribution is -2.44. The Labute approximate surface area is 109 Å². The summed E-state index contributed by atoms with van der Waals surface area (Å²) in [6.45, 7) is 0.454. The van der Waals surface area contributed by atoms with Crippen LogP contribution in [0, 0.1) is 5.92 Å². The molecule has 1 fully saturated rings. The molecule has 0 radical (unpaired) electrons. The van der Waals surface area contributed by atoms with Crippen molar-refractivity contribution in [3.63, 3.8) is 0 Å². The fraction of sp³-hybridized carbons (Fsp3) is 0.818. The van der Waals surface area contributed by atoms with Crippen LogP contribution in [0.25, 0.3) is 0 Å². The lowest BCUT2D eigenvalue weighted by Gasteiger charge is -2.16. The summed E-state index contributed by atoms with van der Waals surface area (Å²) in [6.07, 6.45) is 4.21. The fourth-order valence-electron chi connectivity index (χ4n) is 1.72. The normalized spacial score (nSPS) is 17.8. The Morgan fingerprint density at radius 1 is 1.44 bits per heavy atom. The molecule has 0 heterocycles. The number of hydrogen-bond acceptors (Lipinski definition) is 3. The largest absolute Gasteiger partial charge is 0.481 e. The second-order valence-corrected chi connectivity index (χ2v) is 6.13. The minimum absolute atomic E-state index is 0.0307. The van der Waals surface area contributed by atoms with Crippen molar-refractivity contribution in [2.24, 2.45) is 5.92 Å². The van der Waals surface area contributed by atoms with Crippen LogP contribution in [0.3, 0.4) is 0 Å². The van der Waals surface area contributed by atoms with Gasteiger partial charge in [0.1, 0.15) is 0 Å². The van der Waals surface area contributed by atoms with E-state index in [0.29, 0.717) is 24.6 Å². The molecule has 7 heteroatoms. The zero-order valence-electron chi connectivity index (χ0n) is 10.5. The molecule has 0 aromatic rings. The van der Waals surface area contributed by atoms with E-state index in [1.54, 1.807) is 6.26 Å². The highest BCUT2D eigenvalue weighted by molar-refractivity contribution is 7.84. The van der Waals surface area contributed by atoms with Crippen molar-refractivity contribution in [3.8, 4) is 0 Å². The van der Waals surface area contributed by atoms with Crippen molar-refractivity contribution in [1.29, 1.82) is 0 Å². The molecule has 2 amide bonds. The zero-order valence-corrected chi connectivity index (χ0v) is 11.3. The first-order valence-corrected chi connectivity index (χ1v) is 7.78. The highest BCUT2D eigenvalue weighted by atomic mass is 32.2. The van der Waals surface area contributed by atoms with Crippen LogP contribution in [-0.2, 0) is 15.6 Å². The van der Waals surface area contributed by atoms with Crippen LogP contribution in [0.5, 0.6) is 0 Å². The summed E-state index contributed by atoms with van der Waals surface area (Å²) in [6, 6.07) is -0.613. The first-order valence-electron chi connectivity index (χ1n) is 6.05. The molecule has 0 aromatic carbocycles. The van der Waals surface area contributed by atoms with Crippen LogP contribution in [0.1, 0.15) is 25.7 Å². The predicted molar refractivity (Wildman–Crippen MR) is 68.8 cm³/mol. The number of hydrogen-bond donors (Lipinski definition) is 3. The minimum atomic E-state index is -0.895. The molecule has 1 aliphatic rings. The smallest absolute Gasteiger partial charge is 0.315 e. The highest BCUT2D eigenvalue weighted by Crippen LogP contribution is 2.33. The van der Waals surface area contributed by atoms with E-state index in [0.717, 1.165) is 12.8 Å². The van der Waals surface area contributed by atoms with Crippen LogP contribution < -0.4 is 10.6 Å². The first kappa shape index (κ1) is 14.9. The van der Waals surface area contributed by atoms with Gasteiger partial charge in [-0.05, 0) is 25.2 Å². The number of amides is 2. The number of rotatable bonds is 8. The topological polar surface area (TPSA) is 95.5 Å². The molecule has 2 atom stereocenters. The van der Waals surface area contributed by atoms with Gasteiger partial charge in [0.05, 0.1) is 6.42 Å². The molecule has 0 spiro atoms. The predicted octanol–water partition coefficient (Wildman–Crippen LogP) is 0.308. The summed E-state index contributed by atoms with van der Waals surface area (Å²) >= 11 is 0. The number of carbonyl (C=O) groups is 2. The van der Waals surface area contributed by atoms with Crippen molar-refractivity contribution in [2.75, 3.05) is 18.6 Å². The average molecular weight is 276 g/mol. The number of carbonyl (C=O) groups excluding carboxylic acids is 1. The fourth-order valence-corrected chi connectivity index (χ4v) is 2.27. The van der Waals surface area contributed by atoms with Gasteiger partial charge in [0.25, 0.3) is 0 Å². The summed E-state index contributed by atoms with van der Waals surface area (Å²) < 4.78 is 10.8. The van der Waals surface area contributed by atoms with Crippen molar-refractivity contribution < 1.29 is 18.9 Å². The third kappa shape index (κ3) is 6.58. The standard InChI is InChI=1S/C11H20N2O4S/c1-18(17)6-2-5-12-11(16)13-9(7-10(14)15)8-3-4-8/h8-9H,2-7H2,1H3,(H,14,15)(H2,12,13,16). The van der Waals surface area contributed by atoms with Gasteiger partial charge in [0, 0.05) is 35.4 Å². The molecular weight excluding hydrogens is 256 g/mol. The van der Waals surface area contributed by atoms with Gasteiger partial charge in [-0.1, -0.05) is 0 Å². The van der Waals surface area contributed by atoms with Crippen molar-refractivity contribution >= 4 is 22.8 Å². The molecule has 104 valence electrons. The molecule has 0 aromatic heterocycles. The third-order valence-electron chi connectivity index (χ3n) is 2.80. The maximum Gasteiger partial charge on any atom is 0.315 e. The number of nitrogens with one attached hydrogen (secondary N) is 2. The third-order valence-corrected chi connectivity index (χ3v) is 3.66. The lowest BCUT2D eigenvalue weighted by atomic mass is 10.1. The SMILES string of the molecule is CS(=O)CCCNC(=O)NC(CC(=O)O)C1CC1. The molecule has 1 aliphatic carbocycles. The van der Waals surface area contributed by atoms with E-state index >= 15 is 0 Å². The molecule has 6 nitrogen and oxygen atoms in total. The van der Waals surface area contributed by atoms with Crippen molar-refractivity contribution in [1.82, 2.24) is 10.6 Å². The van der Waals surface area contributed by atoms with Crippen LogP contribution in [0.2, 0.25) is 0 Å². The molecule has 1 saturated carbocycles. The van der Waals surface area contributed by atoms with E-state index in [9.17, 15) is 13.8 Å². The molecule has 2 unspecified atom stereocenters. The van der Waals surface area contributed by atoms with Crippen molar-refractivity contribution in [3.05, 3.63) is 0 Å². The summed E-state index contributed by atoms with van der Waals surface area (Å²) in [7, 11) is -0.846. The molecule has 18 heavy (non-hydrogen) atoms. The molecule has 3 N–H and O–H groups in total. The Hall–Kier alpha value is -1.11. The number of carboxylic acid groups (broad SMARTS) is 1. The van der Waals surface area contributed by atoms with Gasteiger partial charge in [0.2, 0.25) is 0 Å². The quantitative estimate of drug-likeness (QED) is 0.556. The monoisotopic (exact) mass is 276 g/mol.